The zero-order chi connectivity index (χ0) is 23.4. The number of pyridine rings is 1. The Kier molecular flexibility index (Phi) is 6.67. The van der Waals surface area contributed by atoms with Crippen molar-refractivity contribution in [3.63, 3.8) is 0 Å². The number of aromatic nitrogens is 2. The first-order valence-corrected chi connectivity index (χ1v) is 12.0. The molecule has 6 nitrogen and oxygen atoms in total. The van der Waals surface area contributed by atoms with Gasteiger partial charge in [0.05, 0.1) is 10.6 Å². The molecule has 0 atom stereocenters. The van der Waals surface area contributed by atoms with Crippen molar-refractivity contribution in [2.24, 2.45) is 0 Å². The largest absolute Gasteiger partial charge is 0.356 e. The fourth-order valence-electron chi connectivity index (χ4n) is 3.59. The maximum absolute atomic E-state index is 14.0. The molecule has 0 aliphatic heterocycles. The maximum Gasteiger partial charge on any atom is 0.243 e. The van der Waals surface area contributed by atoms with Crippen LogP contribution in [0.1, 0.15) is 29.3 Å². The van der Waals surface area contributed by atoms with Crippen molar-refractivity contribution in [1.82, 2.24) is 14.4 Å². The Bertz CT molecular complexity index is 1340. The molecule has 0 amide bonds. The third-order valence-corrected chi connectivity index (χ3v) is 7.21. The van der Waals surface area contributed by atoms with Crippen LogP contribution in [0.5, 0.6) is 0 Å². The molecule has 0 fully saturated rings. The highest BCUT2D eigenvalue weighted by molar-refractivity contribution is 7.89. The molecule has 0 aliphatic rings. The normalized spacial score (nSPS) is 11.8. The summed E-state index contributed by atoms with van der Waals surface area (Å²) in [6.45, 7) is 3.94. The molecule has 0 spiro atoms. The number of aryl methyl sites for hydroxylation is 2. The van der Waals surface area contributed by atoms with Crippen LogP contribution in [-0.2, 0) is 29.5 Å². The fourth-order valence-corrected chi connectivity index (χ4v) is 5.33. The molecular formula is C25H24FN3O3S. The van der Waals surface area contributed by atoms with E-state index in [0.29, 0.717) is 34.6 Å². The van der Waals surface area contributed by atoms with Crippen LogP contribution in [0, 0.1) is 12.7 Å². The van der Waals surface area contributed by atoms with E-state index in [1.165, 1.54) is 16.4 Å². The van der Waals surface area contributed by atoms with E-state index in [-0.39, 0.29) is 23.8 Å². The van der Waals surface area contributed by atoms with Gasteiger partial charge >= 0.3 is 0 Å². The monoisotopic (exact) mass is 465 g/mol. The highest BCUT2D eigenvalue weighted by atomic mass is 32.2. The third-order valence-electron chi connectivity index (χ3n) is 5.33. The van der Waals surface area contributed by atoms with Gasteiger partial charge in [-0.15, -0.1) is 0 Å². The van der Waals surface area contributed by atoms with E-state index in [1.807, 2.05) is 26.0 Å². The van der Waals surface area contributed by atoms with Crippen LogP contribution in [0.25, 0.3) is 11.3 Å². The summed E-state index contributed by atoms with van der Waals surface area (Å²) in [5.74, 6) is 0.132. The number of benzene rings is 2. The molecule has 4 rings (SSSR count). The highest BCUT2D eigenvalue weighted by Crippen LogP contribution is 2.30. The van der Waals surface area contributed by atoms with Gasteiger partial charge in [0.2, 0.25) is 10.0 Å². The van der Waals surface area contributed by atoms with Gasteiger partial charge in [0, 0.05) is 37.1 Å². The molecule has 8 heteroatoms. The molecular weight excluding hydrogens is 441 g/mol. The summed E-state index contributed by atoms with van der Waals surface area (Å²) >= 11 is 0. The summed E-state index contributed by atoms with van der Waals surface area (Å²) in [5.41, 5.74) is 3.48. The number of rotatable bonds is 8. The van der Waals surface area contributed by atoms with Crippen LogP contribution >= 0.6 is 0 Å². The molecule has 0 saturated carbocycles. The molecule has 0 saturated heterocycles. The van der Waals surface area contributed by atoms with Crippen molar-refractivity contribution < 1.29 is 17.3 Å². The van der Waals surface area contributed by atoms with Crippen molar-refractivity contribution >= 4 is 10.0 Å². The lowest BCUT2D eigenvalue weighted by atomic mass is 10.1. The van der Waals surface area contributed by atoms with Gasteiger partial charge in [0.25, 0.3) is 0 Å². The number of nitrogens with zero attached hydrogens (tertiary/aromatic N) is 3. The predicted octanol–water partition coefficient (Wildman–Crippen LogP) is 5.14. The minimum atomic E-state index is -3.92. The van der Waals surface area contributed by atoms with Gasteiger partial charge in [0.15, 0.2) is 5.76 Å². The lowest BCUT2D eigenvalue weighted by Crippen LogP contribution is -2.31. The topological polar surface area (TPSA) is 76.3 Å². The van der Waals surface area contributed by atoms with Crippen LogP contribution in [-0.4, -0.2) is 22.9 Å². The summed E-state index contributed by atoms with van der Waals surface area (Å²) in [4.78, 5) is 4.32. The maximum atomic E-state index is 14.0. The zero-order valence-corrected chi connectivity index (χ0v) is 19.2. The Hall–Kier alpha value is -3.36. The van der Waals surface area contributed by atoms with E-state index in [9.17, 15) is 12.8 Å². The number of halogens is 1. The van der Waals surface area contributed by atoms with Crippen LogP contribution in [0.4, 0.5) is 4.39 Å². The molecule has 0 aliphatic carbocycles. The fraction of sp³-hybridized carbons (Fsp3) is 0.200. The molecule has 0 N–H and O–H groups in total. The van der Waals surface area contributed by atoms with E-state index < -0.39 is 10.0 Å². The average Bonchev–Trinajstić information content (AvgIpc) is 3.26. The zero-order valence-electron chi connectivity index (χ0n) is 18.4. The summed E-state index contributed by atoms with van der Waals surface area (Å²) in [6.07, 6.45) is 3.82. The Balaban J connectivity index is 1.78. The number of hydrogen-bond acceptors (Lipinski definition) is 5. The number of sulfonamides is 1. The standard InChI is InChI=1S/C25H24FN3O3S/c1-3-21-8-9-22(24-13-18(2)28-32-24)14-25(21)33(30,31)29(17-20-5-4-12-27-15-20)16-19-6-10-23(26)11-7-19/h4-15H,3,16-17H2,1-2H3. The smallest absolute Gasteiger partial charge is 0.243 e. The summed E-state index contributed by atoms with van der Waals surface area (Å²) in [5, 5.41) is 3.91. The quantitative estimate of drug-likeness (QED) is 0.360. The SMILES string of the molecule is CCc1ccc(-c2cc(C)no2)cc1S(=O)(=O)N(Cc1ccc(F)cc1)Cc1cccnc1. The number of hydrogen-bond donors (Lipinski definition) is 0. The first-order chi connectivity index (χ1) is 15.9. The van der Waals surface area contributed by atoms with Gasteiger partial charge in [-0.05, 0) is 54.3 Å². The van der Waals surface area contributed by atoms with Crippen LogP contribution in [0.2, 0.25) is 0 Å². The molecule has 0 unspecified atom stereocenters. The van der Waals surface area contributed by atoms with Gasteiger partial charge in [-0.25, -0.2) is 12.8 Å². The average molecular weight is 466 g/mol. The van der Waals surface area contributed by atoms with Gasteiger partial charge in [0.1, 0.15) is 5.82 Å². The third kappa shape index (κ3) is 5.18. The molecule has 2 heterocycles. The second-order valence-electron chi connectivity index (χ2n) is 7.77. The van der Waals surface area contributed by atoms with Gasteiger partial charge in [-0.1, -0.05) is 42.4 Å². The molecule has 170 valence electrons. The molecule has 2 aromatic carbocycles. The van der Waals surface area contributed by atoms with E-state index >= 15 is 0 Å². The van der Waals surface area contributed by atoms with Crippen LogP contribution < -0.4 is 0 Å². The Morgan fingerprint density at radius 2 is 1.76 bits per heavy atom. The molecule has 4 aromatic rings. The molecule has 33 heavy (non-hydrogen) atoms. The van der Waals surface area contributed by atoms with E-state index in [0.717, 1.165) is 5.56 Å². The molecule has 2 aromatic heterocycles. The Morgan fingerprint density at radius 1 is 1.00 bits per heavy atom. The Labute approximate surface area is 192 Å². The van der Waals surface area contributed by atoms with Crippen molar-refractivity contribution in [3.05, 3.63) is 101 Å². The van der Waals surface area contributed by atoms with E-state index in [1.54, 1.807) is 48.8 Å². The van der Waals surface area contributed by atoms with E-state index in [4.69, 9.17) is 4.52 Å². The summed E-state index contributed by atoms with van der Waals surface area (Å²) in [7, 11) is -3.92. The highest BCUT2D eigenvalue weighted by Gasteiger charge is 2.28. The van der Waals surface area contributed by atoms with Crippen molar-refractivity contribution in [2.45, 2.75) is 38.3 Å². The Morgan fingerprint density at radius 3 is 2.39 bits per heavy atom. The lowest BCUT2D eigenvalue weighted by molar-refractivity contribution is 0.400. The second-order valence-corrected chi connectivity index (χ2v) is 9.68. The van der Waals surface area contributed by atoms with Gasteiger partial charge in [-0.3, -0.25) is 4.98 Å². The summed E-state index contributed by atoms with van der Waals surface area (Å²) in [6, 6.07) is 16.5. The van der Waals surface area contributed by atoms with Gasteiger partial charge < -0.3 is 4.52 Å². The lowest BCUT2D eigenvalue weighted by Gasteiger charge is -2.24. The first-order valence-electron chi connectivity index (χ1n) is 10.6. The van der Waals surface area contributed by atoms with Crippen LogP contribution in [0.15, 0.2) is 82.5 Å². The minimum Gasteiger partial charge on any atom is -0.356 e. The minimum absolute atomic E-state index is 0.0896. The van der Waals surface area contributed by atoms with E-state index in [2.05, 4.69) is 10.1 Å². The van der Waals surface area contributed by atoms with Gasteiger partial charge in [-0.2, -0.15) is 4.31 Å². The molecule has 0 bridgehead atoms. The first kappa shape index (κ1) is 22.8. The van der Waals surface area contributed by atoms with Crippen LogP contribution in [0.3, 0.4) is 0 Å². The van der Waals surface area contributed by atoms with Crippen molar-refractivity contribution in [1.29, 1.82) is 0 Å². The second kappa shape index (κ2) is 9.64. The predicted molar refractivity (Wildman–Crippen MR) is 123 cm³/mol. The molecule has 0 radical (unpaired) electrons. The van der Waals surface area contributed by atoms with Crippen molar-refractivity contribution in [3.8, 4) is 11.3 Å². The van der Waals surface area contributed by atoms with Crippen molar-refractivity contribution in [2.75, 3.05) is 0 Å². The summed E-state index contributed by atoms with van der Waals surface area (Å²) < 4.78 is 48.1.